The molecule has 8 heteroatoms. The molecule has 2 amide bonds. The van der Waals surface area contributed by atoms with Gasteiger partial charge < -0.3 is 15.0 Å². The Hall–Kier alpha value is -3.29. The molecular weight excluding hydrogens is 472 g/mol. The molecule has 34 heavy (non-hydrogen) atoms. The van der Waals surface area contributed by atoms with E-state index in [1.165, 1.54) is 0 Å². The molecule has 1 aliphatic rings. The first-order valence-corrected chi connectivity index (χ1v) is 12.2. The van der Waals surface area contributed by atoms with Gasteiger partial charge in [0.15, 0.2) is 0 Å². The number of hydrogen-bond acceptors (Lipinski definition) is 5. The van der Waals surface area contributed by atoms with Crippen LogP contribution in [0.25, 0.3) is 0 Å². The predicted octanol–water partition coefficient (Wildman–Crippen LogP) is 5.54. The molecule has 1 fully saturated rings. The van der Waals surface area contributed by atoms with Crippen LogP contribution in [-0.2, 0) is 16.1 Å². The summed E-state index contributed by atoms with van der Waals surface area (Å²) in [7, 11) is 0. The predicted molar refractivity (Wildman–Crippen MR) is 134 cm³/mol. The Labute approximate surface area is 207 Å². The van der Waals surface area contributed by atoms with Crippen molar-refractivity contribution in [2.24, 2.45) is 0 Å². The standard InChI is InChI=1S/C26H23ClN2O4S/c1-2-33-26(32)20-4-3-5-22(14-20)28-24(31)18-8-10-19(11-9-18)25-29(23(30)16-34-25)15-17-6-12-21(27)13-7-17/h3-14,25H,2,15-16H2,1H3,(H,28,31)/t25-/m0/s1. The number of hydrogen-bond donors (Lipinski definition) is 1. The molecule has 0 radical (unpaired) electrons. The quantitative estimate of drug-likeness (QED) is 0.436. The van der Waals surface area contributed by atoms with Gasteiger partial charge in [-0.1, -0.05) is 41.9 Å². The maximum Gasteiger partial charge on any atom is 0.338 e. The topological polar surface area (TPSA) is 75.7 Å². The normalized spacial score (nSPS) is 15.3. The lowest BCUT2D eigenvalue weighted by molar-refractivity contribution is -0.128. The number of esters is 1. The first-order valence-electron chi connectivity index (χ1n) is 10.8. The van der Waals surface area contributed by atoms with Crippen LogP contribution in [0.5, 0.6) is 0 Å². The summed E-state index contributed by atoms with van der Waals surface area (Å²) in [6.07, 6.45) is 0. The Morgan fingerprint density at radius 3 is 2.50 bits per heavy atom. The average molecular weight is 495 g/mol. The van der Waals surface area contributed by atoms with Crippen LogP contribution >= 0.6 is 23.4 Å². The molecule has 4 rings (SSSR count). The number of ether oxygens (including phenoxy) is 1. The number of thioether (sulfide) groups is 1. The van der Waals surface area contributed by atoms with E-state index in [1.807, 2.05) is 41.3 Å². The number of nitrogens with zero attached hydrogens (tertiary/aromatic N) is 1. The zero-order valence-electron chi connectivity index (χ0n) is 18.5. The molecule has 1 saturated heterocycles. The van der Waals surface area contributed by atoms with Crippen LogP contribution in [0, 0.1) is 0 Å². The van der Waals surface area contributed by atoms with Crippen molar-refractivity contribution in [2.45, 2.75) is 18.8 Å². The zero-order chi connectivity index (χ0) is 24.1. The van der Waals surface area contributed by atoms with Crippen LogP contribution in [0.3, 0.4) is 0 Å². The highest BCUT2D eigenvalue weighted by Gasteiger charge is 2.32. The first-order chi connectivity index (χ1) is 16.4. The van der Waals surface area contributed by atoms with Crippen molar-refractivity contribution in [1.82, 2.24) is 4.90 Å². The summed E-state index contributed by atoms with van der Waals surface area (Å²) in [6, 6.07) is 21.3. The average Bonchev–Trinajstić information content (AvgIpc) is 3.21. The van der Waals surface area contributed by atoms with E-state index in [-0.39, 0.29) is 23.8 Å². The Morgan fingerprint density at radius 2 is 1.79 bits per heavy atom. The van der Waals surface area contributed by atoms with E-state index in [2.05, 4.69) is 5.32 Å². The van der Waals surface area contributed by atoms with Crippen LogP contribution in [-0.4, -0.2) is 35.0 Å². The minimum absolute atomic E-state index is 0.0771. The van der Waals surface area contributed by atoms with Gasteiger partial charge >= 0.3 is 5.97 Å². The SMILES string of the molecule is CCOC(=O)c1cccc(NC(=O)c2ccc([C@@H]3SCC(=O)N3Cc3ccc(Cl)cc3)cc2)c1. The second-order valence-electron chi connectivity index (χ2n) is 7.69. The van der Waals surface area contributed by atoms with Gasteiger partial charge in [0.25, 0.3) is 5.91 Å². The lowest BCUT2D eigenvalue weighted by atomic mass is 10.1. The van der Waals surface area contributed by atoms with Gasteiger partial charge in [-0.05, 0) is 60.5 Å². The van der Waals surface area contributed by atoms with Crippen molar-refractivity contribution in [3.8, 4) is 0 Å². The molecule has 0 unspecified atom stereocenters. The molecular formula is C26H23ClN2O4S. The lowest BCUT2D eigenvalue weighted by Crippen LogP contribution is -2.27. The van der Waals surface area contributed by atoms with Crippen LogP contribution in [0.15, 0.2) is 72.8 Å². The molecule has 0 saturated carbocycles. The summed E-state index contributed by atoms with van der Waals surface area (Å²) in [5.74, 6) is -0.235. The molecule has 0 bridgehead atoms. The van der Waals surface area contributed by atoms with Gasteiger partial charge in [-0.3, -0.25) is 9.59 Å². The van der Waals surface area contributed by atoms with Gasteiger partial charge in [-0.15, -0.1) is 11.8 Å². The number of benzene rings is 3. The van der Waals surface area contributed by atoms with Gasteiger partial charge in [0.05, 0.1) is 17.9 Å². The summed E-state index contributed by atoms with van der Waals surface area (Å²) in [4.78, 5) is 39.0. The van der Waals surface area contributed by atoms with Crippen molar-refractivity contribution < 1.29 is 19.1 Å². The number of nitrogens with one attached hydrogen (secondary N) is 1. The van der Waals surface area contributed by atoms with Crippen molar-refractivity contribution in [2.75, 3.05) is 17.7 Å². The molecule has 3 aromatic carbocycles. The summed E-state index contributed by atoms with van der Waals surface area (Å²) < 4.78 is 5.01. The second kappa shape index (κ2) is 10.8. The van der Waals surface area contributed by atoms with Crippen LogP contribution in [0.4, 0.5) is 5.69 Å². The van der Waals surface area contributed by atoms with E-state index in [4.69, 9.17) is 16.3 Å². The number of anilines is 1. The largest absolute Gasteiger partial charge is 0.462 e. The van der Waals surface area contributed by atoms with Crippen molar-refractivity contribution in [1.29, 1.82) is 0 Å². The Morgan fingerprint density at radius 1 is 1.06 bits per heavy atom. The Kier molecular flexibility index (Phi) is 7.55. The van der Waals surface area contributed by atoms with Gasteiger partial charge in [0.1, 0.15) is 5.37 Å². The monoisotopic (exact) mass is 494 g/mol. The first kappa shape index (κ1) is 23.9. The van der Waals surface area contributed by atoms with E-state index in [0.717, 1.165) is 11.1 Å². The molecule has 174 valence electrons. The molecule has 3 aromatic rings. The smallest absolute Gasteiger partial charge is 0.338 e. The van der Waals surface area contributed by atoms with Gasteiger partial charge in [-0.2, -0.15) is 0 Å². The third-order valence-electron chi connectivity index (χ3n) is 5.32. The fourth-order valence-corrected chi connectivity index (χ4v) is 4.94. The zero-order valence-corrected chi connectivity index (χ0v) is 20.1. The Balaban J connectivity index is 1.44. The van der Waals surface area contributed by atoms with Crippen molar-refractivity contribution in [3.63, 3.8) is 0 Å². The second-order valence-corrected chi connectivity index (χ2v) is 9.19. The fourth-order valence-electron chi connectivity index (χ4n) is 3.63. The maximum absolute atomic E-state index is 12.7. The number of halogens is 1. The summed E-state index contributed by atoms with van der Waals surface area (Å²) in [6.45, 7) is 2.51. The van der Waals surface area contributed by atoms with Crippen LogP contribution in [0.2, 0.25) is 5.02 Å². The third-order valence-corrected chi connectivity index (χ3v) is 6.83. The molecule has 6 nitrogen and oxygen atoms in total. The number of amides is 2. The summed E-state index contributed by atoms with van der Waals surface area (Å²) in [5.41, 5.74) is 3.31. The lowest BCUT2D eigenvalue weighted by Gasteiger charge is -2.24. The molecule has 0 aliphatic carbocycles. The van der Waals surface area contributed by atoms with E-state index >= 15 is 0 Å². The van der Waals surface area contributed by atoms with Gasteiger partial charge in [0, 0.05) is 22.8 Å². The highest BCUT2D eigenvalue weighted by atomic mass is 35.5. The molecule has 1 aliphatic heterocycles. The van der Waals surface area contributed by atoms with Gasteiger partial charge in [-0.25, -0.2) is 4.79 Å². The van der Waals surface area contributed by atoms with Crippen LogP contribution < -0.4 is 5.32 Å². The molecule has 0 spiro atoms. The minimum Gasteiger partial charge on any atom is -0.462 e. The Bertz CT molecular complexity index is 1200. The maximum atomic E-state index is 12.7. The fraction of sp³-hybridized carbons (Fsp3) is 0.192. The highest BCUT2D eigenvalue weighted by molar-refractivity contribution is 8.00. The van der Waals surface area contributed by atoms with E-state index in [0.29, 0.717) is 34.1 Å². The number of carbonyl (C=O) groups is 3. The molecule has 1 N–H and O–H groups in total. The summed E-state index contributed by atoms with van der Waals surface area (Å²) >= 11 is 7.53. The molecule has 1 heterocycles. The number of carbonyl (C=O) groups excluding carboxylic acids is 3. The van der Waals surface area contributed by atoms with Crippen LogP contribution in [0.1, 0.15) is 44.1 Å². The van der Waals surface area contributed by atoms with E-state index < -0.39 is 5.97 Å². The molecule has 0 aromatic heterocycles. The summed E-state index contributed by atoms with van der Waals surface area (Å²) in [5, 5.41) is 3.34. The van der Waals surface area contributed by atoms with Gasteiger partial charge in [0.2, 0.25) is 5.91 Å². The third kappa shape index (κ3) is 5.61. The minimum atomic E-state index is -0.435. The number of rotatable bonds is 7. The molecule has 1 atom stereocenters. The van der Waals surface area contributed by atoms with E-state index in [1.54, 1.807) is 55.1 Å². The van der Waals surface area contributed by atoms with Crippen molar-refractivity contribution in [3.05, 3.63) is 100 Å². The van der Waals surface area contributed by atoms with E-state index in [9.17, 15) is 14.4 Å². The highest BCUT2D eigenvalue weighted by Crippen LogP contribution is 2.39. The van der Waals surface area contributed by atoms with Crippen molar-refractivity contribution >= 4 is 46.8 Å².